The van der Waals surface area contributed by atoms with Crippen LogP contribution in [0.2, 0.25) is 0 Å². The zero-order chi connectivity index (χ0) is 16.2. The molecule has 0 fully saturated rings. The molecule has 2 aromatic rings. The van der Waals surface area contributed by atoms with Gasteiger partial charge < -0.3 is 4.74 Å². The van der Waals surface area contributed by atoms with Crippen molar-refractivity contribution in [2.24, 2.45) is 0 Å². The normalized spacial score (nSPS) is 11.6. The highest BCUT2D eigenvalue weighted by molar-refractivity contribution is 7.89. The smallest absolute Gasteiger partial charge is 0.240 e. The number of nitrogens with one attached hydrogen (secondary N) is 1. The van der Waals surface area contributed by atoms with Crippen LogP contribution in [0.3, 0.4) is 0 Å². The molecule has 2 aromatic carbocycles. The third-order valence-corrected chi connectivity index (χ3v) is 4.28. The Labute approximate surface area is 130 Å². The molecule has 0 heterocycles. The van der Waals surface area contributed by atoms with Gasteiger partial charge >= 0.3 is 0 Å². The van der Waals surface area contributed by atoms with E-state index in [0.29, 0.717) is 0 Å². The zero-order valence-corrected chi connectivity index (χ0v) is 13.2. The van der Waals surface area contributed by atoms with Crippen molar-refractivity contribution in [2.45, 2.75) is 31.4 Å². The van der Waals surface area contributed by atoms with Crippen molar-refractivity contribution in [3.63, 3.8) is 0 Å². The van der Waals surface area contributed by atoms with Crippen molar-refractivity contribution < 1.29 is 17.5 Å². The van der Waals surface area contributed by atoms with Crippen LogP contribution in [0.1, 0.15) is 19.4 Å². The van der Waals surface area contributed by atoms with E-state index < -0.39 is 15.8 Å². The average Bonchev–Trinajstić information content (AvgIpc) is 2.48. The number of sulfonamides is 1. The van der Waals surface area contributed by atoms with E-state index in [1.165, 1.54) is 12.1 Å². The minimum Gasteiger partial charge on any atom is -0.488 e. The van der Waals surface area contributed by atoms with Gasteiger partial charge in [0.15, 0.2) is 11.6 Å². The third-order valence-electron chi connectivity index (χ3n) is 2.89. The molecule has 6 heteroatoms. The van der Waals surface area contributed by atoms with E-state index in [2.05, 4.69) is 4.72 Å². The summed E-state index contributed by atoms with van der Waals surface area (Å²) in [6.45, 7) is 3.69. The minimum absolute atomic E-state index is 0.0389. The molecule has 0 radical (unpaired) electrons. The van der Waals surface area contributed by atoms with Crippen LogP contribution >= 0.6 is 0 Å². The third kappa shape index (κ3) is 4.29. The Hall–Kier alpha value is -1.92. The highest BCUT2D eigenvalue weighted by atomic mass is 32.2. The molecule has 0 bridgehead atoms. The molecule has 0 spiro atoms. The predicted molar refractivity (Wildman–Crippen MR) is 82.6 cm³/mol. The van der Waals surface area contributed by atoms with Gasteiger partial charge in [-0.05, 0) is 37.6 Å². The second-order valence-corrected chi connectivity index (χ2v) is 6.84. The molecule has 0 saturated carbocycles. The van der Waals surface area contributed by atoms with Gasteiger partial charge in [0.25, 0.3) is 0 Å². The van der Waals surface area contributed by atoms with E-state index in [4.69, 9.17) is 4.74 Å². The molecule has 0 aliphatic heterocycles. The summed E-state index contributed by atoms with van der Waals surface area (Å²) in [6, 6.07) is 12.7. The average molecular weight is 323 g/mol. The fourth-order valence-electron chi connectivity index (χ4n) is 1.86. The fourth-order valence-corrected chi connectivity index (χ4v) is 2.88. The first kappa shape index (κ1) is 16.5. The van der Waals surface area contributed by atoms with Crippen molar-refractivity contribution in [1.82, 2.24) is 4.72 Å². The van der Waals surface area contributed by atoms with E-state index in [1.54, 1.807) is 13.8 Å². The molecule has 0 amide bonds. The Morgan fingerprint density at radius 3 is 2.41 bits per heavy atom. The van der Waals surface area contributed by atoms with Crippen LogP contribution in [0, 0.1) is 5.82 Å². The Morgan fingerprint density at radius 2 is 1.82 bits per heavy atom. The highest BCUT2D eigenvalue weighted by Gasteiger charge is 2.17. The van der Waals surface area contributed by atoms with Gasteiger partial charge in [0.2, 0.25) is 10.0 Å². The summed E-state index contributed by atoms with van der Waals surface area (Å²) in [5.41, 5.74) is 0.825. The van der Waals surface area contributed by atoms with Crippen LogP contribution in [-0.4, -0.2) is 14.5 Å². The van der Waals surface area contributed by atoms with Crippen molar-refractivity contribution in [3.05, 3.63) is 59.9 Å². The largest absolute Gasteiger partial charge is 0.488 e. The van der Waals surface area contributed by atoms with Crippen molar-refractivity contribution in [2.75, 3.05) is 0 Å². The lowest BCUT2D eigenvalue weighted by molar-refractivity contribution is 0.231. The van der Waals surface area contributed by atoms with E-state index in [1.807, 2.05) is 30.3 Å². The van der Waals surface area contributed by atoms with Crippen molar-refractivity contribution in [3.8, 4) is 5.75 Å². The molecule has 0 aliphatic carbocycles. The van der Waals surface area contributed by atoms with E-state index >= 15 is 0 Å². The number of hydrogen-bond acceptors (Lipinski definition) is 3. The molecule has 22 heavy (non-hydrogen) atoms. The van der Waals surface area contributed by atoms with Crippen LogP contribution in [0.15, 0.2) is 53.4 Å². The molecule has 0 saturated heterocycles. The molecule has 0 unspecified atom stereocenters. The quantitative estimate of drug-likeness (QED) is 0.889. The standard InChI is InChI=1S/C16H18FNO3S/c1-12(2)21-16-9-8-14(10-15(16)17)22(19,20)18-11-13-6-4-3-5-7-13/h3-10,12,18H,11H2,1-2H3. The van der Waals surface area contributed by atoms with Crippen molar-refractivity contribution >= 4 is 10.0 Å². The van der Waals surface area contributed by atoms with Gasteiger partial charge in [-0.25, -0.2) is 17.5 Å². The second kappa shape index (κ2) is 6.89. The molecule has 0 aromatic heterocycles. The van der Waals surface area contributed by atoms with Gasteiger partial charge in [0, 0.05) is 6.54 Å². The number of benzene rings is 2. The monoisotopic (exact) mass is 323 g/mol. The fraction of sp³-hybridized carbons (Fsp3) is 0.250. The molecule has 0 atom stereocenters. The lowest BCUT2D eigenvalue weighted by Gasteiger charge is -2.12. The first-order chi connectivity index (χ1) is 10.4. The van der Waals surface area contributed by atoms with Crippen LogP contribution in [-0.2, 0) is 16.6 Å². The summed E-state index contributed by atoms with van der Waals surface area (Å²) < 4.78 is 45.9. The predicted octanol–water partition coefficient (Wildman–Crippen LogP) is 3.09. The Kier molecular flexibility index (Phi) is 5.15. The molecular weight excluding hydrogens is 305 g/mol. The Balaban J connectivity index is 2.14. The summed E-state index contributed by atoms with van der Waals surface area (Å²) in [5.74, 6) is -0.659. The van der Waals surface area contributed by atoms with Gasteiger partial charge in [-0.2, -0.15) is 0 Å². The van der Waals surface area contributed by atoms with Gasteiger partial charge in [-0.15, -0.1) is 0 Å². The Morgan fingerprint density at radius 1 is 1.14 bits per heavy atom. The molecule has 118 valence electrons. The van der Waals surface area contributed by atoms with Crippen LogP contribution in [0.25, 0.3) is 0 Å². The first-order valence-electron chi connectivity index (χ1n) is 6.88. The summed E-state index contributed by atoms with van der Waals surface area (Å²) in [5, 5.41) is 0. The van der Waals surface area contributed by atoms with Crippen LogP contribution in [0.5, 0.6) is 5.75 Å². The topological polar surface area (TPSA) is 55.4 Å². The highest BCUT2D eigenvalue weighted by Crippen LogP contribution is 2.22. The maximum atomic E-state index is 13.9. The molecular formula is C16H18FNO3S. The molecule has 0 aliphatic rings. The summed E-state index contributed by atoms with van der Waals surface area (Å²) in [7, 11) is -3.77. The lowest BCUT2D eigenvalue weighted by atomic mass is 10.2. The zero-order valence-electron chi connectivity index (χ0n) is 12.4. The molecule has 4 nitrogen and oxygen atoms in total. The first-order valence-corrected chi connectivity index (χ1v) is 8.36. The van der Waals surface area contributed by atoms with Crippen LogP contribution < -0.4 is 9.46 Å². The molecule has 2 rings (SSSR count). The van der Waals surface area contributed by atoms with Gasteiger partial charge in [-0.3, -0.25) is 0 Å². The number of hydrogen-bond donors (Lipinski definition) is 1. The lowest BCUT2D eigenvalue weighted by Crippen LogP contribution is -2.23. The number of halogens is 1. The summed E-state index contributed by atoms with van der Waals surface area (Å²) >= 11 is 0. The van der Waals surface area contributed by atoms with Gasteiger partial charge in [-0.1, -0.05) is 30.3 Å². The summed E-state index contributed by atoms with van der Waals surface area (Å²) in [6.07, 6.45) is -0.187. The Bertz CT molecular complexity index is 730. The van der Waals surface area contributed by atoms with Gasteiger partial charge in [0.05, 0.1) is 11.0 Å². The maximum Gasteiger partial charge on any atom is 0.240 e. The van der Waals surface area contributed by atoms with E-state index in [9.17, 15) is 12.8 Å². The van der Waals surface area contributed by atoms with E-state index in [0.717, 1.165) is 11.6 Å². The van der Waals surface area contributed by atoms with E-state index in [-0.39, 0.29) is 23.3 Å². The van der Waals surface area contributed by atoms with Gasteiger partial charge in [0.1, 0.15) is 0 Å². The maximum absolute atomic E-state index is 13.9. The number of ether oxygens (including phenoxy) is 1. The SMILES string of the molecule is CC(C)Oc1ccc(S(=O)(=O)NCc2ccccc2)cc1F. The summed E-state index contributed by atoms with van der Waals surface area (Å²) in [4.78, 5) is -0.128. The minimum atomic E-state index is -3.77. The van der Waals surface area contributed by atoms with Crippen LogP contribution in [0.4, 0.5) is 4.39 Å². The molecule has 1 N–H and O–H groups in total. The van der Waals surface area contributed by atoms with Crippen molar-refractivity contribution in [1.29, 1.82) is 0 Å². The second-order valence-electron chi connectivity index (χ2n) is 5.07. The number of rotatable bonds is 6.